The van der Waals surface area contributed by atoms with E-state index < -0.39 is 30.7 Å². The monoisotopic (exact) mass is 339 g/mol. The number of halogens is 1. The van der Waals surface area contributed by atoms with Crippen LogP contribution in [-0.2, 0) is 10.5 Å². The van der Waals surface area contributed by atoms with Crippen molar-refractivity contribution in [3.63, 3.8) is 0 Å². The molecule has 0 bridgehead atoms. The molecule has 9 nitrogen and oxygen atoms in total. The Kier molecular flexibility index (Phi) is 3.90. The molecule has 3 atom stereocenters. The molecule has 130 valence electrons. The second-order valence-corrected chi connectivity index (χ2v) is 5.43. The van der Waals surface area contributed by atoms with E-state index in [1.807, 2.05) is 0 Å². The minimum atomic E-state index is -2.42. The number of hydrogen-bond acceptors (Lipinski definition) is 8. The predicted molar refractivity (Wildman–Crippen MR) is 82.0 cm³/mol. The van der Waals surface area contributed by atoms with E-state index in [1.165, 1.54) is 6.08 Å². The van der Waals surface area contributed by atoms with Crippen LogP contribution in [0.5, 0.6) is 5.88 Å². The number of nitrogens with two attached hydrogens (primary N) is 1. The molecule has 0 saturated carbocycles. The second-order valence-electron chi connectivity index (χ2n) is 5.43. The molecule has 0 amide bonds. The molecule has 2 aromatic heterocycles. The fourth-order valence-electron chi connectivity index (χ4n) is 2.74. The van der Waals surface area contributed by atoms with Crippen molar-refractivity contribution in [3.05, 3.63) is 19.0 Å². The lowest BCUT2D eigenvalue weighted by Gasteiger charge is -2.30. The van der Waals surface area contributed by atoms with Gasteiger partial charge in [-0.1, -0.05) is 6.08 Å². The summed E-state index contributed by atoms with van der Waals surface area (Å²) in [6.07, 6.45) is 0.606. The van der Waals surface area contributed by atoms with E-state index in [-0.39, 0.29) is 23.0 Å². The average molecular weight is 339 g/mol. The zero-order chi connectivity index (χ0) is 17.5. The first-order valence-corrected chi connectivity index (χ1v) is 7.31. The first-order valence-electron chi connectivity index (χ1n) is 7.31. The molecular formula is C14H18FN5O4. The van der Waals surface area contributed by atoms with Crippen LogP contribution in [0.2, 0.25) is 0 Å². The van der Waals surface area contributed by atoms with Crippen molar-refractivity contribution in [1.82, 2.24) is 19.5 Å². The number of nitrogens with zero attached hydrogens (tertiary/aromatic N) is 4. The lowest BCUT2D eigenvalue weighted by Crippen LogP contribution is -2.50. The summed E-state index contributed by atoms with van der Waals surface area (Å²) < 4.78 is 27.2. The standard InChI is InChI=1S/C14H18FN5O4/c1-3-13(5-21)11(22)14(15,6-24-13)20-7-17-8-9(20)18-12(16)19-10(8)23-4-2/h3,7,11,21-22H,1,4-6H2,2H3,(H2,16,18,19)/t11-,13-,14+/m1/s1. The fraction of sp³-hybridized carbons (Fsp3) is 0.500. The number of rotatable bonds is 5. The summed E-state index contributed by atoms with van der Waals surface area (Å²) in [5.41, 5.74) is 4.29. The maximum Gasteiger partial charge on any atom is 0.247 e. The Labute approximate surface area is 136 Å². The second kappa shape index (κ2) is 5.65. The SMILES string of the molecule is C=C[C@]1(CO)OC[C@](F)(n2cnc3c(OCC)nc(N)nc32)[C@@H]1O. The number of anilines is 1. The molecule has 1 fully saturated rings. The molecule has 0 aliphatic carbocycles. The molecule has 2 aromatic rings. The van der Waals surface area contributed by atoms with Crippen LogP contribution < -0.4 is 10.5 Å². The van der Waals surface area contributed by atoms with Crippen LogP contribution in [-0.4, -0.2) is 61.3 Å². The zero-order valence-electron chi connectivity index (χ0n) is 13.0. The number of alkyl halides is 1. The molecule has 1 aliphatic heterocycles. The Morgan fingerprint density at radius 2 is 2.38 bits per heavy atom. The van der Waals surface area contributed by atoms with E-state index in [2.05, 4.69) is 21.5 Å². The molecular weight excluding hydrogens is 321 g/mol. The van der Waals surface area contributed by atoms with Gasteiger partial charge in [0.1, 0.15) is 24.6 Å². The molecule has 24 heavy (non-hydrogen) atoms. The van der Waals surface area contributed by atoms with Gasteiger partial charge in [0, 0.05) is 0 Å². The lowest BCUT2D eigenvalue weighted by molar-refractivity contribution is -0.0780. The Morgan fingerprint density at radius 1 is 1.62 bits per heavy atom. The summed E-state index contributed by atoms with van der Waals surface area (Å²) in [5, 5.41) is 19.9. The summed E-state index contributed by atoms with van der Waals surface area (Å²) in [7, 11) is 0. The van der Waals surface area contributed by atoms with Crippen LogP contribution in [0.25, 0.3) is 11.2 Å². The van der Waals surface area contributed by atoms with Crippen LogP contribution in [0.15, 0.2) is 19.0 Å². The van der Waals surface area contributed by atoms with Crippen LogP contribution in [0, 0.1) is 0 Å². The third kappa shape index (κ3) is 2.14. The number of aliphatic hydroxyl groups is 2. The molecule has 0 aromatic carbocycles. The van der Waals surface area contributed by atoms with Crippen molar-refractivity contribution < 1.29 is 24.1 Å². The maximum absolute atomic E-state index is 15.6. The highest BCUT2D eigenvalue weighted by Crippen LogP contribution is 2.42. The molecule has 3 rings (SSSR count). The fourth-order valence-corrected chi connectivity index (χ4v) is 2.74. The van der Waals surface area contributed by atoms with E-state index in [9.17, 15) is 10.2 Å². The van der Waals surface area contributed by atoms with Crippen molar-refractivity contribution in [2.24, 2.45) is 0 Å². The van der Waals surface area contributed by atoms with Crippen molar-refractivity contribution in [1.29, 1.82) is 0 Å². The van der Waals surface area contributed by atoms with Crippen molar-refractivity contribution in [3.8, 4) is 5.88 Å². The lowest BCUT2D eigenvalue weighted by atomic mass is 9.93. The molecule has 1 saturated heterocycles. The highest BCUT2D eigenvalue weighted by molar-refractivity contribution is 5.77. The number of aromatic nitrogens is 4. The largest absolute Gasteiger partial charge is 0.476 e. The number of ether oxygens (including phenoxy) is 2. The molecule has 0 spiro atoms. The first-order chi connectivity index (χ1) is 11.4. The molecule has 1 aliphatic rings. The number of hydrogen-bond donors (Lipinski definition) is 3. The summed E-state index contributed by atoms with van der Waals surface area (Å²) >= 11 is 0. The molecule has 0 unspecified atom stereocenters. The Bertz CT molecular complexity index is 784. The highest BCUT2D eigenvalue weighted by Gasteiger charge is 2.59. The summed E-state index contributed by atoms with van der Waals surface area (Å²) in [5.74, 6) is -2.43. The number of fused-ring (bicyclic) bond motifs is 1. The van der Waals surface area contributed by atoms with Gasteiger partial charge in [-0.2, -0.15) is 9.97 Å². The van der Waals surface area contributed by atoms with Crippen LogP contribution in [0.4, 0.5) is 10.3 Å². The van der Waals surface area contributed by atoms with Crippen LogP contribution in [0.3, 0.4) is 0 Å². The van der Waals surface area contributed by atoms with Crippen LogP contribution >= 0.6 is 0 Å². The van der Waals surface area contributed by atoms with Gasteiger partial charge in [0.2, 0.25) is 17.6 Å². The van der Waals surface area contributed by atoms with Gasteiger partial charge in [-0.25, -0.2) is 9.37 Å². The molecule has 3 heterocycles. The minimum Gasteiger partial charge on any atom is -0.476 e. The number of imidazole rings is 1. The van der Waals surface area contributed by atoms with E-state index in [1.54, 1.807) is 6.92 Å². The molecule has 10 heteroatoms. The van der Waals surface area contributed by atoms with Gasteiger partial charge in [-0.3, -0.25) is 4.57 Å². The van der Waals surface area contributed by atoms with Crippen molar-refractivity contribution in [2.45, 2.75) is 24.4 Å². The summed E-state index contributed by atoms with van der Waals surface area (Å²) in [6, 6.07) is 0. The van der Waals surface area contributed by atoms with Crippen LogP contribution in [0.1, 0.15) is 6.92 Å². The number of nitrogen functional groups attached to an aromatic ring is 1. The summed E-state index contributed by atoms with van der Waals surface area (Å²) in [6.45, 7) is 4.41. The molecule has 4 N–H and O–H groups in total. The topological polar surface area (TPSA) is 129 Å². The highest BCUT2D eigenvalue weighted by atomic mass is 19.1. The Hall–Kier alpha value is -2.30. The minimum absolute atomic E-state index is 0.0499. The van der Waals surface area contributed by atoms with E-state index >= 15 is 4.39 Å². The smallest absolute Gasteiger partial charge is 0.247 e. The van der Waals surface area contributed by atoms with E-state index in [0.717, 1.165) is 10.9 Å². The van der Waals surface area contributed by atoms with E-state index in [0.29, 0.717) is 6.61 Å². The zero-order valence-corrected chi connectivity index (χ0v) is 13.0. The maximum atomic E-state index is 15.6. The van der Waals surface area contributed by atoms with Gasteiger partial charge < -0.3 is 25.4 Å². The van der Waals surface area contributed by atoms with Gasteiger partial charge in [0.05, 0.1) is 13.2 Å². The third-order valence-corrected chi connectivity index (χ3v) is 4.08. The normalized spacial score (nSPS) is 29.9. The summed E-state index contributed by atoms with van der Waals surface area (Å²) in [4.78, 5) is 12.0. The third-order valence-electron chi connectivity index (χ3n) is 4.08. The Morgan fingerprint density at radius 3 is 2.96 bits per heavy atom. The van der Waals surface area contributed by atoms with E-state index in [4.69, 9.17) is 15.2 Å². The van der Waals surface area contributed by atoms with Crippen molar-refractivity contribution >= 4 is 17.1 Å². The van der Waals surface area contributed by atoms with Gasteiger partial charge in [-0.05, 0) is 6.92 Å². The van der Waals surface area contributed by atoms with Gasteiger partial charge in [-0.15, -0.1) is 6.58 Å². The quantitative estimate of drug-likeness (QED) is 0.636. The van der Waals surface area contributed by atoms with Gasteiger partial charge in [0.25, 0.3) is 0 Å². The van der Waals surface area contributed by atoms with Gasteiger partial charge in [0.15, 0.2) is 11.2 Å². The van der Waals surface area contributed by atoms with Gasteiger partial charge >= 0.3 is 0 Å². The van der Waals surface area contributed by atoms with Crippen molar-refractivity contribution in [2.75, 3.05) is 25.6 Å². The number of aliphatic hydroxyl groups excluding tert-OH is 2. The predicted octanol–water partition coefficient (Wildman–Crippen LogP) is -0.262. The average Bonchev–Trinajstić information content (AvgIpc) is 3.10. The Balaban J connectivity index is 2.15. The molecule has 0 radical (unpaired) electrons. The first kappa shape index (κ1) is 16.6.